The van der Waals surface area contributed by atoms with Crippen LogP contribution in [-0.4, -0.2) is 21.8 Å². The lowest BCUT2D eigenvalue weighted by molar-refractivity contribution is -0.135. The second kappa shape index (κ2) is 8.18. The Bertz CT molecular complexity index is 1140. The van der Waals surface area contributed by atoms with Gasteiger partial charge in [0.05, 0.1) is 17.4 Å². The number of hydrogen-bond acceptors (Lipinski definition) is 5. The van der Waals surface area contributed by atoms with Gasteiger partial charge in [-0.25, -0.2) is 9.97 Å². The number of rotatable bonds is 6. The molecule has 2 aromatic carbocycles. The van der Waals surface area contributed by atoms with Crippen LogP contribution in [0.2, 0.25) is 0 Å². The summed E-state index contributed by atoms with van der Waals surface area (Å²) in [7, 11) is 0. The number of para-hydroxylation sites is 1. The van der Waals surface area contributed by atoms with Gasteiger partial charge in [0.25, 0.3) is 0 Å². The highest BCUT2D eigenvalue weighted by Crippen LogP contribution is 2.48. The Kier molecular flexibility index (Phi) is 5.08. The molecule has 4 unspecified atom stereocenters. The van der Waals surface area contributed by atoms with Crippen molar-refractivity contribution in [3.05, 3.63) is 78.6 Å². The van der Waals surface area contributed by atoms with Gasteiger partial charge in [-0.15, -0.1) is 0 Å². The van der Waals surface area contributed by atoms with Crippen molar-refractivity contribution < 1.29 is 9.59 Å². The zero-order valence-corrected chi connectivity index (χ0v) is 16.9. The van der Waals surface area contributed by atoms with E-state index in [1.54, 1.807) is 0 Å². The molecule has 3 N–H and O–H groups in total. The third-order valence-electron chi connectivity index (χ3n) is 6.22. The zero-order valence-electron chi connectivity index (χ0n) is 16.9. The molecule has 0 radical (unpaired) electrons. The Morgan fingerprint density at radius 1 is 0.871 bits per heavy atom. The summed E-state index contributed by atoms with van der Waals surface area (Å²) in [6, 6.07) is 17.4. The van der Waals surface area contributed by atoms with Crippen molar-refractivity contribution in [3.8, 4) is 0 Å². The summed E-state index contributed by atoms with van der Waals surface area (Å²) in [6.45, 7) is 0.455. The molecule has 7 heteroatoms. The molecule has 2 aliphatic rings. The predicted octanol–water partition coefficient (Wildman–Crippen LogP) is 2.83. The van der Waals surface area contributed by atoms with E-state index in [4.69, 9.17) is 0 Å². The Morgan fingerprint density at radius 2 is 1.58 bits per heavy atom. The van der Waals surface area contributed by atoms with Gasteiger partial charge in [0.2, 0.25) is 11.8 Å². The molecule has 4 atom stereocenters. The summed E-state index contributed by atoms with van der Waals surface area (Å²) in [5.74, 6) is -0.359. The number of nitrogens with zero attached hydrogens (tertiary/aromatic N) is 2. The van der Waals surface area contributed by atoms with E-state index in [-0.39, 0.29) is 29.6 Å². The predicted molar refractivity (Wildman–Crippen MR) is 117 cm³/mol. The maximum atomic E-state index is 13.1. The van der Waals surface area contributed by atoms with Crippen molar-refractivity contribution >= 4 is 28.5 Å². The second-order valence-corrected chi connectivity index (χ2v) is 8.06. The molecule has 1 aromatic heterocycles. The first kappa shape index (κ1) is 19.2. The van der Waals surface area contributed by atoms with Crippen LogP contribution in [0.5, 0.6) is 0 Å². The van der Waals surface area contributed by atoms with Crippen molar-refractivity contribution in [2.24, 2.45) is 23.7 Å². The number of amides is 2. The smallest absolute Gasteiger partial charge is 0.242 e. The molecule has 31 heavy (non-hydrogen) atoms. The summed E-state index contributed by atoms with van der Waals surface area (Å²) < 4.78 is 0. The molecule has 1 saturated carbocycles. The fourth-order valence-electron chi connectivity index (χ4n) is 4.75. The average molecular weight is 413 g/mol. The van der Waals surface area contributed by atoms with Crippen LogP contribution in [0.1, 0.15) is 12.0 Å². The molecule has 2 aliphatic carbocycles. The van der Waals surface area contributed by atoms with Gasteiger partial charge >= 0.3 is 0 Å². The van der Waals surface area contributed by atoms with Gasteiger partial charge in [0.1, 0.15) is 6.33 Å². The van der Waals surface area contributed by atoms with Crippen LogP contribution in [0.25, 0.3) is 10.9 Å². The third-order valence-corrected chi connectivity index (χ3v) is 6.22. The fourth-order valence-corrected chi connectivity index (χ4v) is 4.75. The van der Waals surface area contributed by atoms with Gasteiger partial charge in [0, 0.05) is 11.9 Å². The number of fused-ring (bicyclic) bond motifs is 3. The number of nitrogens with one attached hydrogen (secondary N) is 3. The number of carbonyl (C=O) groups is 2. The summed E-state index contributed by atoms with van der Waals surface area (Å²) in [5, 5.41) is 3.83. The van der Waals surface area contributed by atoms with Gasteiger partial charge in [-0.2, -0.15) is 0 Å². The number of aromatic nitrogens is 2. The lowest BCUT2D eigenvalue weighted by atomic mass is 9.82. The minimum Gasteiger partial charge on any atom is -0.352 e. The van der Waals surface area contributed by atoms with Crippen LogP contribution in [0.4, 0.5) is 5.82 Å². The molecule has 0 aliphatic heterocycles. The average Bonchev–Trinajstić information content (AvgIpc) is 3.43. The minimum absolute atomic E-state index is 0.0708. The SMILES string of the molecule is O=C(NCc1ccccc1)C1C2C=CC(C2)C1C(=O)NNc1ncnc2ccccc12. The molecule has 7 nitrogen and oxygen atoms in total. The number of hydrogen-bond donors (Lipinski definition) is 3. The van der Waals surface area contributed by atoms with Crippen LogP contribution in [0.15, 0.2) is 73.1 Å². The normalized spacial score (nSPS) is 23.6. The third kappa shape index (κ3) is 3.74. The van der Waals surface area contributed by atoms with Crippen molar-refractivity contribution in [3.63, 3.8) is 0 Å². The van der Waals surface area contributed by atoms with E-state index >= 15 is 0 Å². The van der Waals surface area contributed by atoms with Gasteiger partial charge in [0.15, 0.2) is 5.82 Å². The molecule has 3 aromatic rings. The van der Waals surface area contributed by atoms with E-state index < -0.39 is 5.92 Å². The highest BCUT2D eigenvalue weighted by atomic mass is 16.2. The van der Waals surface area contributed by atoms with E-state index in [1.165, 1.54) is 6.33 Å². The topological polar surface area (TPSA) is 96.0 Å². The van der Waals surface area contributed by atoms with Crippen LogP contribution in [0.3, 0.4) is 0 Å². The minimum atomic E-state index is -0.411. The Morgan fingerprint density at radius 3 is 2.39 bits per heavy atom. The Hall–Kier alpha value is -3.74. The van der Waals surface area contributed by atoms with Crippen molar-refractivity contribution in [2.45, 2.75) is 13.0 Å². The second-order valence-electron chi connectivity index (χ2n) is 8.06. The lowest BCUT2D eigenvalue weighted by Crippen LogP contribution is -2.45. The molecular weight excluding hydrogens is 390 g/mol. The van der Waals surface area contributed by atoms with Gasteiger partial charge in [-0.05, 0) is 36.0 Å². The number of carbonyl (C=O) groups excluding carboxylic acids is 2. The van der Waals surface area contributed by atoms with Gasteiger partial charge in [-0.1, -0.05) is 54.6 Å². The summed E-state index contributed by atoms with van der Waals surface area (Å²) in [5.41, 5.74) is 7.54. The Balaban J connectivity index is 1.28. The monoisotopic (exact) mass is 413 g/mol. The number of anilines is 1. The summed E-state index contributed by atoms with van der Waals surface area (Å²) in [6.07, 6.45) is 6.43. The first-order valence-electron chi connectivity index (χ1n) is 10.5. The maximum Gasteiger partial charge on any atom is 0.242 e. The number of allylic oxidation sites excluding steroid dienone is 2. The van der Waals surface area contributed by atoms with Crippen LogP contribution in [0, 0.1) is 23.7 Å². The molecule has 2 amide bonds. The van der Waals surface area contributed by atoms with Gasteiger partial charge in [-0.3, -0.25) is 20.4 Å². The molecule has 5 rings (SSSR count). The van der Waals surface area contributed by atoms with Crippen LogP contribution < -0.4 is 16.2 Å². The quantitative estimate of drug-likeness (QED) is 0.427. The molecular formula is C24H23N5O2. The standard InChI is InChI=1S/C24H23N5O2/c30-23(25-13-15-6-2-1-3-7-15)20-16-10-11-17(12-16)21(20)24(31)29-28-22-18-8-4-5-9-19(18)26-14-27-22/h1-11,14,16-17,20-21H,12-13H2,(H,25,30)(H,29,31)(H,26,27,28). The molecule has 1 fully saturated rings. The molecule has 1 heterocycles. The molecule has 0 spiro atoms. The van der Waals surface area contributed by atoms with Crippen LogP contribution >= 0.6 is 0 Å². The highest BCUT2D eigenvalue weighted by molar-refractivity contribution is 5.92. The zero-order chi connectivity index (χ0) is 21.2. The molecule has 0 saturated heterocycles. The highest BCUT2D eigenvalue weighted by Gasteiger charge is 2.51. The lowest BCUT2D eigenvalue weighted by Gasteiger charge is -2.26. The van der Waals surface area contributed by atoms with Crippen molar-refractivity contribution in [2.75, 3.05) is 5.43 Å². The van der Waals surface area contributed by atoms with Gasteiger partial charge < -0.3 is 5.32 Å². The van der Waals surface area contributed by atoms with E-state index in [0.717, 1.165) is 22.9 Å². The first-order valence-corrected chi connectivity index (χ1v) is 10.5. The molecule has 156 valence electrons. The van der Waals surface area contributed by atoms with E-state index in [1.807, 2.05) is 54.6 Å². The maximum absolute atomic E-state index is 13.1. The summed E-state index contributed by atoms with van der Waals surface area (Å²) in [4.78, 5) is 34.6. The first-order chi connectivity index (χ1) is 15.2. The largest absolute Gasteiger partial charge is 0.352 e. The fraction of sp³-hybridized carbons (Fsp3) is 0.250. The number of benzene rings is 2. The Labute approximate surface area is 180 Å². The van der Waals surface area contributed by atoms with E-state index in [2.05, 4.69) is 38.3 Å². The summed E-state index contributed by atoms with van der Waals surface area (Å²) >= 11 is 0. The van der Waals surface area contributed by atoms with Crippen LogP contribution in [-0.2, 0) is 16.1 Å². The van der Waals surface area contributed by atoms with E-state index in [9.17, 15) is 9.59 Å². The molecule has 2 bridgehead atoms. The van der Waals surface area contributed by atoms with Crippen molar-refractivity contribution in [1.29, 1.82) is 0 Å². The number of hydrazine groups is 1. The van der Waals surface area contributed by atoms with Crippen molar-refractivity contribution in [1.82, 2.24) is 20.7 Å². The van der Waals surface area contributed by atoms with E-state index in [0.29, 0.717) is 12.4 Å².